The summed E-state index contributed by atoms with van der Waals surface area (Å²) in [6.07, 6.45) is 0. The SMILES string of the molecule is O=C(Oc1ccc(Cl)c(Cl)c1)c1ccccc1C(=O)Oc1ccc(F)cc1Br. The number of ether oxygens (including phenoxy) is 2. The number of carbonyl (C=O) groups excluding carboxylic acids is 2. The van der Waals surface area contributed by atoms with Crippen LogP contribution in [0.15, 0.2) is 65.1 Å². The van der Waals surface area contributed by atoms with Crippen LogP contribution in [0.4, 0.5) is 4.39 Å². The summed E-state index contributed by atoms with van der Waals surface area (Å²) in [7, 11) is 0. The molecule has 3 aromatic carbocycles. The topological polar surface area (TPSA) is 52.6 Å². The molecule has 0 N–H and O–H groups in total. The molecule has 0 heterocycles. The van der Waals surface area contributed by atoms with Crippen LogP contribution < -0.4 is 9.47 Å². The van der Waals surface area contributed by atoms with E-state index in [2.05, 4.69) is 15.9 Å². The fourth-order valence-corrected chi connectivity index (χ4v) is 2.97. The first-order valence-electron chi connectivity index (χ1n) is 7.78. The van der Waals surface area contributed by atoms with Crippen molar-refractivity contribution in [3.05, 3.63) is 92.1 Å². The van der Waals surface area contributed by atoms with Crippen molar-refractivity contribution < 1.29 is 23.5 Å². The van der Waals surface area contributed by atoms with Crippen LogP contribution in [0, 0.1) is 5.82 Å². The van der Waals surface area contributed by atoms with Crippen LogP contribution in [0.1, 0.15) is 20.7 Å². The molecule has 0 amide bonds. The highest BCUT2D eigenvalue weighted by Crippen LogP contribution is 2.28. The van der Waals surface area contributed by atoms with Gasteiger partial charge in [-0.1, -0.05) is 35.3 Å². The number of esters is 2. The second kappa shape index (κ2) is 8.73. The molecular formula is C20H10BrCl2FO4. The van der Waals surface area contributed by atoms with Crippen LogP contribution in [0.25, 0.3) is 0 Å². The number of hydrogen-bond acceptors (Lipinski definition) is 4. The molecule has 0 atom stereocenters. The third-order valence-corrected chi connectivity index (χ3v) is 4.92. The normalized spacial score (nSPS) is 10.4. The van der Waals surface area contributed by atoms with Gasteiger partial charge in [0, 0.05) is 6.07 Å². The van der Waals surface area contributed by atoms with Crippen molar-refractivity contribution in [2.75, 3.05) is 0 Å². The maximum atomic E-state index is 13.2. The third-order valence-electron chi connectivity index (χ3n) is 3.57. The van der Waals surface area contributed by atoms with Gasteiger partial charge in [0.25, 0.3) is 0 Å². The van der Waals surface area contributed by atoms with E-state index < -0.39 is 17.8 Å². The molecule has 8 heteroatoms. The van der Waals surface area contributed by atoms with Gasteiger partial charge in [-0.15, -0.1) is 0 Å². The molecule has 0 saturated heterocycles. The fraction of sp³-hybridized carbons (Fsp3) is 0. The van der Waals surface area contributed by atoms with Crippen LogP contribution in [-0.4, -0.2) is 11.9 Å². The molecule has 0 unspecified atom stereocenters. The van der Waals surface area contributed by atoms with Gasteiger partial charge in [-0.25, -0.2) is 14.0 Å². The number of carbonyl (C=O) groups is 2. The van der Waals surface area contributed by atoms with E-state index in [0.717, 1.165) is 12.1 Å². The summed E-state index contributed by atoms with van der Waals surface area (Å²) in [6.45, 7) is 0. The van der Waals surface area contributed by atoms with Gasteiger partial charge in [-0.05, 0) is 58.4 Å². The zero-order valence-corrected chi connectivity index (χ0v) is 17.0. The molecule has 0 spiro atoms. The highest BCUT2D eigenvalue weighted by Gasteiger charge is 2.21. The molecule has 142 valence electrons. The largest absolute Gasteiger partial charge is 0.423 e. The van der Waals surface area contributed by atoms with Gasteiger partial charge in [-0.3, -0.25) is 0 Å². The van der Waals surface area contributed by atoms with Crippen molar-refractivity contribution in [2.45, 2.75) is 0 Å². The molecule has 0 aliphatic rings. The Kier molecular flexibility index (Phi) is 6.34. The molecule has 3 aromatic rings. The van der Waals surface area contributed by atoms with Crippen molar-refractivity contribution in [3.63, 3.8) is 0 Å². The lowest BCUT2D eigenvalue weighted by molar-refractivity contribution is 0.0691. The van der Waals surface area contributed by atoms with E-state index in [-0.39, 0.29) is 32.1 Å². The highest BCUT2D eigenvalue weighted by molar-refractivity contribution is 9.10. The number of halogens is 4. The first kappa shape index (κ1) is 20.3. The zero-order valence-electron chi connectivity index (χ0n) is 13.9. The number of hydrogen-bond donors (Lipinski definition) is 0. The first-order chi connectivity index (χ1) is 13.3. The summed E-state index contributed by atoms with van der Waals surface area (Å²) in [5, 5.41) is 0.538. The maximum absolute atomic E-state index is 13.2. The minimum absolute atomic E-state index is 0.00296. The van der Waals surface area contributed by atoms with E-state index in [1.54, 1.807) is 12.1 Å². The lowest BCUT2D eigenvalue weighted by Gasteiger charge is -2.10. The smallest absolute Gasteiger partial charge is 0.344 e. The monoisotopic (exact) mass is 482 g/mol. The van der Waals surface area contributed by atoms with E-state index in [1.807, 2.05) is 0 Å². The second-order valence-corrected chi connectivity index (χ2v) is 7.14. The minimum Gasteiger partial charge on any atom is -0.423 e. The maximum Gasteiger partial charge on any atom is 0.344 e. The first-order valence-corrected chi connectivity index (χ1v) is 9.33. The molecule has 0 bridgehead atoms. The average Bonchev–Trinajstić information content (AvgIpc) is 2.67. The summed E-state index contributed by atoms with van der Waals surface area (Å²) >= 11 is 14.9. The van der Waals surface area contributed by atoms with Gasteiger partial charge < -0.3 is 9.47 Å². The van der Waals surface area contributed by atoms with Crippen LogP contribution in [0.2, 0.25) is 10.0 Å². The molecule has 0 aliphatic carbocycles. The molecule has 0 aromatic heterocycles. The summed E-state index contributed by atoms with van der Waals surface area (Å²) in [4.78, 5) is 25.1. The summed E-state index contributed by atoms with van der Waals surface area (Å²) < 4.78 is 24.0. The fourth-order valence-electron chi connectivity index (χ4n) is 2.25. The van der Waals surface area contributed by atoms with Gasteiger partial charge in [0.2, 0.25) is 0 Å². The van der Waals surface area contributed by atoms with Gasteiger partial charge in [-0.2, -0.15) is 0 Å². The average molecular weight is 484 g/mol. The Morgan fingerprint density at radius 1 is 0.821 bits per heavy atom. The van der Waals surface area contributed by atoms with E-state index in [1.165, 1.54) is 36.4 Å². The number of rotatable bonds is 4. The Morgan fingerprint density at radius 3 is 2.07 bits per heavy atom. The Balaban J connectivity index is 1.84. The van der Waals surface area contributed by atoms with Gasteiger partial charge >= 0.3 is 11.9 Å². The van der Waals surface area contributed by atoms with Crippen LogP contribution >= 0.6 is 39.1 Å². The highest BCUT2D eigenvalue weighted by atomic mass is 79.9. The van der Waals surface area contributed by atoms with Crippen LogP contribution in [-0.2, 0) is 0 Å². The van der Waals surface area contributed by atoms with E-state index in [9.17, 15) is 14.0 Å². The summed E-state index contributed by atoms with van der Waals surface area (Å²) in [5.74, 6) is -1.78. The molecule has 4 nitrogen and oxygen atoms in total. The van der Waals surface area contributed by atoms with E-state index >= 15 is 0 Å². The Bertz CT molecular complexity index is 1070. The Hall–Kier alpha value is -2.41. The quantitative estimate of drug-likeness (QED) is 0.321. The molecular weight excluding hydrogens is 474 g/mol. The number of benzene rings is 3. The van der Waals surface area contributed by atoms with Crippen LogP contribution in [0.3, 0.4) is 0 Å². The minimum atomic E-state index is -0.797. The standard InChI is InChI=1S/C20H10BrCl2FO4/c21-15-9-11(24)5-8-18(15)28-20(26)14-4-2-1-3-13(14)19(25)27-12-6-7-16(22)17(23)10-12/h1-10H. The Morgan fingerprint density at radius 2 is 1.46 bits per heavy atom. The summed E-state index contributed by atoms with van der Waals surface area (Å²) in [5.41, 5.74) is -0.0133. The molecule has 28 heavy (non-hydrogen) atoms. The van der Waals surface area contributed by atoms with Crippen molar-refractivity contribution in [3.8, 4) is 11.5 Å². The van der Waals surface area contributed by atoms with E-state index in [4.69, 9.17) is 32.7 Å². The lowest BCUT2D eigenvalue weighted by Crippen LogP contribution is -2.17. The second-order valence-electron chi connectivity index (χ2n) is 5.48. The zero-order chi connectivity index (χ0) is 20.3. The van der Waals surface area contributed by atoms with Crippen molar-refractivity contribution in [1.82, 2.24) is 0 Å². The van der Waals surface area contributed by atoms with Crippen molar-refractivity contribution >= 4 is 51.1 Å². The molecule has 3 rings (SSSR count). The predicted molar refractivity (Wildman–Crippen MR) is 107 cm³/mol. The van der Waals surface area contributed by atoms with E-state index in [0.29, 0.717) is 5.02 Å². The van der Waals surface area contributed by atoms with Gasteiger partial charge in [0.1, 0.15) is 17.3 Å². The predicted octanol–water partition coefficient (Wildman–Crippen LogP) is 6.33. The molecule has 0 radical (unpaired) electrons. The van der Waals surface area contributed by atoms with Gasteiger partial charge in [0.15, 0.2) is 0 Å². The van der Waals surface area contributed by atoms with Crippen molar-refractivity contribution in [2.24, 2.45) is 0 Å². The summed E-state index contributed by atoms with van der Waals surface area (Å²) in [6, 6.07) is 14.0. The molecule has 0 saturated carbocycles. The van der Waals surface area contributed by atoms with Crippen LogP contribution in [0.5, 0.6) is 11.5 Å². The lowest BCUT2D eigenvalue weighted by atomic mass is 10.1. The van der Waals surface area contributed by atoms with Gasteiger partial charge in [0.05, 0.1) is 25.6 Å². The van der Waals surface area contributed by atoms with Crippen molar-refractivity contribution in [1.29, 1.82) is 0 Å². The Labute approximate surface area is 177 Å². The molecule has 0 fully saturated rings. The third kappa shape index (κ3) is 4.70. The molecule has 0 aliphatic heterocycles.